The van der Waals surface area contributed by atoms with Crippen LogP contribution in [0.25, 0.3) is 0 Å². The first-order valence-corrected chi connectivity index (χ1v) is 16.1. The molecule has 0 fully saturated rings. The highest BCUT2D eigenvalue weighted by Crippen LogP contribution is 2.07. The van der Waals surface area contributed by atoms with Crippen LogP contribution in [-0.4, -0.2) is 115 Å². The number of hydrogen-bond donors (Lipinski definition) is 12. The smallest absolute Gasteiger partial charge is 0.326 e. The standard InChI is InChI=1S/C29H55N13O8/c1-14(2)21(25(47)38-13-20(44)40-18(27(49)50)9-7-11-36-29(33)34)42-26(48)22(15(3)4)41-23(45)16(5)39-19(43)12-37-24(46)17(30)8-6-10-35-28(31)32/h14-18,21-22H,6-13,30H2,1-5H3,(H,37,46)(H,38,47)(H,39,43)(H,40,44)(H,41,45)(H,42,48)(H,49,50)(H4,31,32,35)(H4,33,34,36)/t16-,17-,18-,21-,22-/m0/s1. The number of carbonyl (C=O) groups is 7. The third kappa shape index (κ3) is 19.0. The summed E-state index contributed by atoms with van der Waals surface area (Å²) in [6.45, 7) is 7.45. The summed E-state index contributed by atoms with van der Waals surface area (Å²) in [4.78, 5) is 95.1. The molecule has 0 saturated carbocycles. The van der Waals surface area contributed by atoms with Gasteiger partial charge < -0.3 is 65.7 Å². The van der Waals surface area contributed by atoms with Gasteiger partial charge in [0.2, 0.25) is 35.4 Å². The fourth-order valence-electron chi connectivity index (χ4n) is 4.18. The van der Waals surface area contributed by atoms with Crippen molar-refractivity contribution in [2.24, 2.45) is 50.5 Å². The molecular formula is C29H55N13O8. The molecule has 0 aromatic rings. The van der Waals surface area contributed by atoms with Gasteiger partial charge in [-0.25, -0.2) is 4.79 Å². The van der Waals surface area contributed by atoms with Crippen molar-refractivity contribution in [1.82, 2.24) is 31.9 Å². The van der Waals surface area contributed by atoms with Crippen LogP contribution in [0, 0.1) is 11.8 Å². The summed E-state index contributed by atoms with van der Waals surface area (Å²) >= 11 is 0. The second kappa shape index (κ2) is 23.2. The molecule has 0 aliphatic rings. The van der Waals surface area contributed by atoms with Gasteiger partial charge in [0, 0.05) is 13.1 Å². The Bertz CT molecular complexity index is 1230. The van der Waals surface area contributed by atoms with Crippen LogP contribution >= 0.6 is 0 Å². The van der Waals surface area contributed by atoms with Crippen LogP contribution in [-0.2, 0) is 33.6 Å². The second-order valence-corrected chi connectivity index (χ2v) is 12.1. The molecule has 0 heterocycles. The zero-order valence-corrected chi connectivity index (χ0v) is 29.3. The topological polar surface area (TPSA) is 367 Å². The largest absolute Gasteiger partial charge is 0.480 e. The summed E-state index contributed by atoms with van der Waals surface area (Å²) in [5.41, 5.74) is 26.8. The average molecular weight is 714 g/mol. The molecule has 6 amide bonds. The van der Waals surface area contributed by atoms with Gasteiger partial charge >= 0.3 is 5.97 Å². The lowest BCUT2D eigenvalue weighted by Gasteiger charge is -2.28. The highest BCUT2D eigenvalue weighted by molar-refractivity contribution is 5.96. The fourth-order valence-corrected chi connectivity index (χ4v) is 4.18. The van der Waals surface area contributed by atoms with Crippen molar-refractivity contribution in [1.29, 1.82) is 0 Å². The Morgan fingerprint density at radius 2 is 1.04 bits per heavy atom. The third-order valence-corrected chi connectivity index (χ3v) is 6.99. The SMILES string of the molecule is CC(C)[C@H](NC(=O)[C@H](C)NC(=O)CNC(=O)[C@@H](N)CCCN=C(N)N)C(=O)N[C@H](C(=O)NCC(=O)N[C@@H](CCCN=C(N)N)C(=O)O)C(C)C. The van der Waals surface area contributed by atoms with E-state index >= 15 is 0 Å². The van der Waals surface area contributed by atoms with E-state index < -0.39 is 96.5 Å². The summed E-state index contributed by atoms with van der Waals surface area (Å²) in [6.07, 6.45) is 1.03. The maximum absolute atomic E-state index is 13.2. The minimum Gasteiger partial charge on any atom is -0.480 e. The molecule has 0 radical (unpaired) electrons. The van der Waals surface area contributed by atoms with Gasteiger partial charge in [-0.15, -0.1) is 0 Å². The normalized spacial score (nSPS) is 13.8. The predicted octanol–water partition coefficient (Wildman–Crippen LogP) is -4.99. The zero-order chi connectivity index (χ0) is 38.6. The molecule has 0 aromatic heterocycles. The van der Waals surface area contributed by atoms with Crippen molar-refractivity contribution in [2.45, 2.75) is 90.5 Å². The van der Waals surface area contributed by atoms with Gasteiger partial charge in [-0.2, -0.15) is 0 Å². The number of aliphatic carboxylic acids is 1. The first-order chi connectivity index (χ1) is 23.3. The van der Waals surface area contributed by atoms with E-state index in [9.17, 15) is 38.7 Å². The lowest BCUT2D eigenvalue weighted by Crippen LogP contribution is -2.59. The van der Waals surface area contributed by atoms with Gasteiger partial charge in [0.25, 0.3) is 0 Å². The molecule has 0 spiro atoms. The van der Waals surface area contributed by atoms with Crippen LogP contribution in [0.1, 0.15) is 60.3 Å². The molecule has 50 heavy (non-hydrogen) atoms. The Morgan fingerprint density at radius 3 is 1.52 bits per heavy atom. The number of nitrogens with two attached hydrogens (primary N) is 5. The minimum absolute atomic E-state index is 0.0377. The van der Waals surface area contributed by atoms with Crippen molar-refractivity contribution in [3.05, 3.63) is 0 Å². The summed E-state index contributed by atoms with van der Waals surface area (Å²) in [5.74, 6) is -6.55. The fraction of sp³-hybridized carbons (Fsp3) is 0.690. The zero-order valence-electron chi connectivity index (χ0n) is 29.3. The molecule has 5 atom stereocenters. The van der Waals surface area contributed by atoms with Gasteiger partial charge in [-0.1, -0.05) is 27.7 Å². The van der Waals surface area contributed by atoms with Gasteiger partial charge in [0.05, 0.1) is 19.1 Å². The lowest BCUT2D eigenvalue weighted by atomic mass is 9.99. The maximum Gasteiger partial charge on any atom is 0.326 e. The van der Waals surface area contributed by atoms with Crippen LogP contribution in [0.2, 0.25) is 0 Å². The van der Waals surface area contributed by atoms with Crippen LogP contribution in [0.15, 0.2) is 9.98 Å². The van der Waals surface area contributed by atoms with Crippen molar-refractivity contribution in [3.8, 4) is 0 Å². The van der Waals surface area contributed by atoms with Crippen LogP contribution in [0.5, 0.6) is 0 Å². The monoisotopic (exact) mass is 713 g/mol. The molecule has 0 aliphatic carbocycles. The molecule has 0 saturated heterocycles. The van der Waals surface area contributed by atoms with Crippen molar-refractivity contribution in [3.63, 3.8) is 0 Å². The van der Waals surface area contributed by atoms with Gasteiger partial charge in [-0.3, -0.25) is 38.8 Å². The number of nitrogens with one attached hydrogen (secondary N) is 6. The van der Waals surface area contributed by atoms with Crippen LogP contribution < -0.4 is 60.6 Å². The number of aliphatic imine (C=N–C) groups is 2. The van der Waals surface area contributed by atoms with Crippen molar-refractivity contribution in [2.75, 3.05) is 26.2 Å². The number of rotatable bonds is 23. The average Bonchev–Trinajstić information content (AvgIpc) is 3.02. The predicted molar refractivity (Wildman–Crippen MR) is 185 cm³/mol. The number of carboxylic acids is 1. The van der Waals surface area contributed by atoms with Gasteiger partial charge in [0.1, 0.15) is 24.2 Å². The minimum atomic E-state index is -1.28. The summed E-state index contributed by atoms with van der Waals surface area (Å²) in [7, 11) is 0. The van der Waals surface area contributed by atoms with Crippen molar-refractivity contribution < 1.29 is 38.7 Å². The highest BCUT2D eigenvalue weighted by Gasteiger charge is 2.32. The Balaban J connectivity index is 5.08. The molecule has 0 unspecified atom stereocenters. The van der Waals surface area contributed by atoms with Crippen LogP contribution in [0.4, 0.5) is 0 Å². The van der Waals surface area contributed by atoms with Gasteiger partial charge in [0.15, 0.2) is 11.9 Å². The molecular weight excluding hydrogens is 658 g/mol. The van der Waals surface area contributed by atoms with E-state index in [1.807, 2.05) is 0 Å². The quantitative estimate of drug-likeness (QED) is 0.0268. The van der Waals surface area contributed by atoms with E-state index in [0.29, 0.717) is 6.42 Å². The van der Waals surface area contributed by atoms with E-state index in [-0.39, 0.29) is 44.3 Å². The molecule has 284 valence electrons. The Labute approximate surface area is 291 Å². The summed E-state index contributed by atoms with van der Waals surface area (Å²) in [5, 5.41) is 24.1. The van der Waals surface area contributed by atoms with E-state index in [1.165, 1.54) is 6.92 Å². The Kier molecular flexibility index (Phi) is 20.8. The van der Waals surface area contributed by atoms with E-state index in [4.69, 9.17) is 28.7 Å². The molecule has 17 N–H and O–H groups in total. The number of nitrogens with zero attached hydrogens (tertiary/aromatic N) is 2. The molecule has 0 aromatic carbocycles. The maximum atomic E-state index is 13.2. The second-order valence-electron chi connectivity index (χ2n) is 12.1. The molecule has 21 nitrogen and oxygen atoms in total. The number of carboxylic acid groups (broad SMARTS) is 1. The summed E-state index contributed by atoms with van der Waals surface area (Å²) < 4.78 is 0. The molecule has 0 aliphatic heterocycles. The van der Waals surface area contributed by atoms with E-state index in [0.717, 1.165) is 0 Å². The first kappa shape index (κ1) is 44.8. The number of carbonyl (C=O) groups excluding carboxylic acids is 6. The van der Waals surface area contributed by atoms with E-state index in [1.54, 1.807) is 27.7 Å². The lowest BCUT2D eigenvalue weighted by molar-refractivity contribution is -0.142. The summed E-state index contributed by atoms with van der Waals surface area (Å²) in [6, 6.07) is -5.49. The number of guanidine groups is 2. The molecule has 0 bridgehead atoms. The Hall–Kier alpha value is -5.21. The molecule has 21 heteroatoms. The Morgan fingerprint density at radius 1 is 0.600 bits per heavy atom. The number of hydrogen-bond acceptors (Lipinski definition) is 10. The van der Waals surface area contributed by atoms with Crippen molar-refractivity contribution >= 4 is 53.3 Å². The first-order valence-electron chi connectivity index (χ1n) is 16.1. The van der Waals surface area contributed by atoms with E-state index in [2.05, 4.69) is 41.9 Å². The van der Waals surface area contributed by atoms with Crippen LogP contribution in [0.3, 0.4) is 0 Å². The molecule has 0 rings (SSSR count). The van der Waals surface area contributed by atoms with Gasteiger partial charge in [-0.05, 0) is 44.4 Å². The number of amides is 6. The highest BCUT2D eigenvalue weighted by atomic mass is 16.4. The third-order valence-electron chi connectivity index (χ3n) is 6.99.